The molecule has 0 saturated carbocycles. The number of likely N-dealkylation sites (tertiary alicyclic amines) is 1. The number of pyridine rings is 1. The Kier molecular flexibility index (Phi) is 6.00. The van der Waals surface area contributed by atoms with E-state index in [1.54, 1.807) is 0 Å². The fraction of sp³-hybridized carbons (Fsp3) is 0.706. The average molecular weight is 290 g/mol. The van der Waals surface area contributed by atoms with Crippen molar-refractivity contribution in [3.05, 3.63) is 23.4 Å². The molecule has 0 radical (unpaired) electrons. The number of aromatic nitrogens is 1. The monoisotopic (exact) mass is 290 g/mol. The van der Waals surface area contributed by atoms with Gasteiger partial charge in [-0.1, -0.05) is 20.3 Å². The maximum absolute atomic E-state index is 5.84. The molecule has 1 fully saturated rings. The Morgan fingerprint density at radius 3 is 2.86 bits per heavy atom. The zero-order valence-corrected chi connectivity index (χ0v) is 13.8. The van der Waals surface area contributed by atoms with Gasteiger partial charge in [-0.15, -0.1) is 0 Å². The lowest BCUT2D eigenvalue weighted by Gasteiger charge is -2.28. The van der Waals surface area contributed by atoms with Gasteiger partial charge < -0.3 is 10.6 Å². The Labute approximate surface area is 129 Å². The van der Waals surface area contributed by atoms with Crippen molar-refractivity contribution in [2.45, 2.75) is 52.1 Å². The minimum absolute atomic E-state index is 0.588. The lowest BCUT2D eigenvalue weighted by atomic mass is 10.1. The molecular formula is C17H30N4. The van der Waals surface area contributed by atoms with Gasteiger partial charge in [-0.05, 0) is 50.0 Å². The number of anilines is 1. The molecule has 118 valence electrons. The Morgan fingerprint density at radius 1 is 1.38 bits per heavy atom. The lowest BCUT2D eigenvalue weighted by Crippen LogP contribution is -2.39. The molecule has 1 aliphatic heterocycles. The van der Waals surface area contributed by atoms with Crippen LogP contribution in [0, 0.1) is 0 Å². The van der Waals surface area contributed by atoms with E-state index in [2.05, 4.69) is 42.8 Å². The summed E-state index contributed by atoms with van der Waals surface area (Å²) in [7, 11) is 2.16. The third-order valence-electron chi connectivity index (χ3n) is 4.45. The SMILES string of the molecule is CCCc1cc(CN)cc(N(C)CC2CCCN2CC)n1. The van der Waals surface area contributed by atoms with E-state index in [-0.39, 0.29) is 0 Å². The maximum Gasteiger partial charge on any atom is 0.128 e. The normalized spacial score (nSPS) is 19.1. The summed E-state index contributed by atoms with van der Waals surface area (Å²) in [5.41, 5.74) is 8.19. The molecule has 0 amide bonds. The van der Waals surface area contributed by atoms with Crippen molar-refractivity contribution >= 4 is 5.82 Å². The fourth-order valence-electron chi connectivity index (χ4n) is 3.26. The number of hydrogen-bond acceptors (Lipinski definition) is 4. The second kappa shape index (κ2) is 7.76. The van der Waals surface area contributed by atoms with E-state index in [4.69, 9.17) is 10.7 Å². The van der Waals surface area contributed by atoms with Gasteiger partial charge in [0.25, 0.3) is 0 Å². The highest BCUT2D eigenvalue weighted by Crippen LogP contribution is 2.21. The van der Waals surface area contributed by atoms with Crippen LogP contribution in [0.3, 0.4) is 0 Å². The smallest absolute Gasteiger partial charge is 0.128 e. The van der Waals surface area contributed by atoms with Crippen LogP contribution < -0.4 is 10.6 Å². The van der Waals surface area contributed by atoms with Gasteiger partial charge in [-0.3, -0.25) is 4.90 Å². The Hall–Kier alpha value is -1.13. The molecular weight excluding hydrogens is 260 g/mol. The van der Waals surface area contributed by atoms with Crippen molar-refractivity contribution in [2.75, 3.05) is 31.6 Å². The first-order valence-corrected chi connectivity index (χ1v) is 8.33. The molecule has 2 N–H and O–H groups in total. The van der Waals surface area contributed by atoms with Crippen LogP contribution in [0.5, 0.6) is 0 Å². The van der Waals surface area contributed by atoms with Crippen molar-refractivity contribution in [1.29, 1.82) is 0 Å². The molecule has 1 saturated heterocycles. The summed E-state index contributed by atoms with van der Waals surface area (Å²) >= 11 is 0. The van der Waals surface area contributed by atoms with E-state index in [0.29, 0.717) is 12.6 Å². The molecule has 0 bridgehead atoms. The van der Waals surface area contributed by atoms with Crippen molar-refractivity contribution < 1.29 is 0 Å². The van der Waals surface area contributed by atoms with Crippen LogP contribution in [-0.4, -0.2) is 42.6 Å². The first kappa shape index (κ1) is 16.2. The lowest BCUT2D eigenvalue weighted by molar-refractivity contribution is 0.270. The van der Waals surface area contributed by atoms with Gasteiger partial charge in [-0.25, -0.2) is 4.98 Å². The van der Waals surface area contributed by atoms with Crippen LogP contribution in [0.15, 0.2) is 12.1 Å². The van der Waals surface area contributed by atoms with Gasteiger partial charge in [0, 0.05) is 31.9 Å². The van der Waals surface area contributed by atoms with Crippen molar-refractivity contribution in [3.63, 3.8) is 0 Å². The molecule has 1 aromatic rings. The van der Waals surface area contributed by atoms with Crippen molar-refractivity contribution in [2.24, 2.45) is 5.73 Å². The summed E-state index contributed by atoms with van der Waals surface area (Å²) < 4.78 is 0. The molecule has 1 aliphatic rings. The van der Waals surface area contributed by atoms with Gasteiger partial charge in [0.2, 0.25) is 0 Å². The van der Waals surface area contributed by atoms with E-state index in [1.165, 1.54) is 30.6 Å². The molecule has 0 aromatic carbocycles. The number of hydrogen-bond donors (Lipinski definition) is 1. The number of aryl methyl sites for hydroxylation is 1. The standard InChI is InChI=1S/C17H30N4/c1-4-7-15-10-14(12-18)11-17(19-15)20(3)13-16-8-6-9-21(16)5-2/h10-11,16H,4-9,12-13,18H2,1-3H3. The summed E-state index contributed by atoms with van der Waals surface area (Å²) in [5, 5.41) is 0. The summed E-state index contributed by atoms with van der Waals surface area (Å²) in [5.74, 6) is 1.07. The predicted molar refractivity (Wildman–Crippen MR) is 89.7 cm³/mol. The molecule has 1 unspecified atom stereocenters. The van der Waals surface area contributed by atoms with E-state index in [9.17, 15) is 0 Å². The zero-order valence-electron chi connectivity index (χ0n) is 13.8. The topological polar surface area (TPSA) is 45.4 Å². The molecule has 4 heteroatoms. The first-order valence-electron chi connectivity index (χ1n) is 8.33. The van der Waals surface area contributed by atoms with Gasteiger partial charge >= 0.3 is 0 Å². The molecule has 1 atom stereocenters. The molecule has 2 heterocycles. The average Bonchev–Trinajstić information content (AvgIpc) is 2.94. The number of rotatable bonds is 7. The third-order valence-corrected chi connectivity index (χ3v) is 4.45. The number of nitrogens with zero attached hydrogens (tertiary/aromatic N) is 3. The predicted octanol–water partition coefficient (Wildman–Crippen LogP) is 2.41. The van der Waals surface area contributed by atoms with Crippen LogP contribution in [0.1, 0.15) is 44.4 Å². The Morgan fingerprint density at radius 2 is 2.19 bits per heavy atom. The number of likely N-dealkylation sites (N-methyl/N-ethyl adjacent to an activating group) is 2. The molecule has 2 rings (SSSR count). The quantitative estimate of drug-likeness (QED) is 0.837. The van der Waals surface area contributed by atoms with E-state index >= 15 is 0 Å². The van der Waals surface area contributed by atoms with Crippen LogP contribution in [0.2, 0.25) is 0 Å². The van der Waals surface area contributed by atoms with Crippen LogP contribution in [0.25, 0.3) is 0 Å². The summed E-state index contributed by atoms with van der Waals surface area (Å²) in [4.78, 5) is 9.70. The maximum atomic E-state index is 5.84. The molecule has 0 spiro atoms. The largest absolute Gasteiger partial charge is 0.358 e. The molecule has 4 nitrogen and oxygen atoms in total. The summed E-state index contributed by atoms with van der Waals surface area (Å²) in [6.07, 6.45) is 4.77. The second-order valence-corrected chi connectivity index (χ2v) is 6.08. The highest BCUT2D eigenvalue weighted by molar-refractivity contribution is 5.42. The summed E-state index contributed by atoms with van der Waals surface area (Å²) in [6, 6.07) is 4.96. The zero-order chi connectivity index (χ0) is 15.2. The molecule has 21 heavy (non-hydrogen) atoms. The highest BCUT2D eigenvalue weighted by Gasteiger charge is 2.24. The van der Waals surface area contributed by atoms with Crippen LogP contribution >= 0.6 is 0 Å². The fourth-order valence-corrected chi connectivity index (χ4v) is 3.26. The minimum atomic E-state index is 0.588. The van der Waals surface area contributed by atoms with E-state index in [0.717, 1.165) is 31.7 Å². The Bertz CT molecular complexity index is 446. The van der Waals surface area contributed by atoms with Crippen LogP contribution in [0.4, 0.5) is 5.82 Å². The highest BCUT2D eigenvalue weighted by atomic mass is 15.2. The van der Waals surface area contributed by atoms with Gasteiger partial charge in [0.1, 0.15) is 5.82 Å². The number of nitrogens with two attached hydrogens (primary N) is 1. The molecule has 1 aromatic heterocycles. The minimum Gasteiger partial charge on any atom is -0.358 e. The Balaban J connectivity index is 2.10. The summed E-state index contributed by atoms with van der Waals surface area (Å²) in [6.45, 7) is 8.48. The van der Waals surface area contributed by atoms with Crippen LogP contribution in [-0.2, 0) is 13.0 Å². The third kappa shape index (κ3) is 4.17. The van der Waals surface area contributed by atoms with Gasteiger partial charge in [-0.2, -0.15) is 0 Å². The first-order chi connectivity index (χ1) is 10.2. The van der Waals surface area contributed by atoms with Gasteiger partial charge in [0.15, 0.2) is 0 Å². The van der Waals surface area contributed by atoms with Crippen molar-refractivity contribution in [1.82, 2.24) is 9.88 Å². The van der Waals surface area contributed by atoms with E-state index in [1.807, 2.05) is 0 Å². The van der Waals surface area contributed by atoms with Crippen molar-refractivity contribution in [3.8, 4) is 0 Å². The molecule has 0 aliphatic carbocycles. The van der Waals surface area contributed by atoms with Gasteiger partial charge in [0.05, 0.1) is 0 Å². The second-order valence-electron chi connectivity index (χ2n) is 6.08. The van der Waals surface area contributed by atoms with E-state index < -0.39 is 0 Å².